The van der Waals surface area contributed by atoms with Crippen molar-refractivity contribution in [2.75, 3.05) is 14.2 Å². The molecule has 146 valence electrons. The number of benzene rings is 1. The first-order chi connectivity index (χ1) is 13.3. The number of likely N-dealkylation sites (N-methyl/N-ethyl adjacent to an activating group) is 1. The van der Waals surface area contributed by atoms with Crippen molar-refractivity contribution < 1.29 is 18.7 Å². The van der Waals surface area contributed by atoms with Crippen molar-refractivity contribution in [1.29, 1.82) is 0 Å². The Morgan fingerprint density at radius 1 is 1.21 bits per heavy atom. The second-order valence-electron chi connectivity index (χ2n) is 6.52. The number of carbonyl (C=O) groups is 2. The van der Waals surface area contributed by atoms with Gasteiger partial charge in [-0.05, 0) is 26.0 Å². The third-order valence-electron chi connectivity index (χ3n) is 4.53. The van der Waals surface area contributed by atoms with E-state index in [-0.39, 0.29) is 24.6 Å². The second-order valence-corrected chi connectivity index (χ2v) is 6.52. The maximum Gasteiger partial charge on any atom is 0.341 e. The molecule has 28 heavy (non-hydrogen) atoms. The number of aryl methyl sites for hydroxylation is 2. The van der Waals surface area contributed by atoms with E-state index >= 15 is 0 Å². The molecule has 0 N–H and O–H groups in total. The average molecular weight is 383 g/mol. The minimum Gasteiger partial charge on any atom is -0.465 e. The lowest BCUT2D eigenvalue weighted by Gasteiger charge is -2.16. The zero-order valence-corrected chi connectivity index (χ0v) is 16.2. The number of furan rings is 1. The molecule has 0 unspecified atom stereocenters. The number of fused-ring (bicyclic) bond motifs is 1. The summed E-state index contributed by atoms with van der Waals surface area (Å²) in [4.78, 5) is 38.3. The van der Waals surface area contributed by atoms with E-state index in [1.165, 1.54) is 16.7 Å². The summed E-state index contributed by atoms with van der Waals surface area (Å²) in [6.45, 7) is 3.41. The average Bonchev–Trinajstić information content (AvgIpc) is 3.05. The molecule has 2 aromatic heterocycles. The Hall–Kier alpha value is -3.42. The molecule has 2 heterocycles. The fourth-order valence-corrected chi connectivity index (χ4v) is 3.02. The van der Waals surface area contributed by atoms with Gasteiger partial charge in [-0.15, -0.1) is 0 Å². The van der Waals surface area contributed by atoms with Gasteiger partial charge in [-0.25, -0.2) is 9.48 Å². The van der Waals surface area contributed by atoms with Crippen LogP contribution < -0.4 is 5.56 Å². The van der Waals surface area contributed by atoms with E-state index in [1.807, 2.05) is 12.1 Å². The Labute approximate surface area is 161 Å². The van der Waals surface area contributed by atoms with Gasteiger partial charge >= 0.3 is 5.97 Å². The summed E-state index contributed by atoms with van der Waals surface area (Å²) in [6, 6.07) is 8.72. The van der Waals surface area contributed by atoms with Gasteiger partial charge in [0, 0.05) is 12.4 Å². The fraction of sp³-hybridized carbons (Fsp3) is 0.300. The standard InChI is InChI=1S/C20H21N3O5/c1-12-15-7-5-6-8-16(15)19(25)23(21-12)11-18(24)22(3)10-14-9-17(13(2)28-14)20(26)27-4/h5-9H,10-11H2,1-4H3. The summed E-state index contributed by atoms with van der Waals surface area (Å²) in [6.07, 6.45) is 0. The van der Waals surface area contributed by atoms with Crippen LogP contribution in [0.4, 0.5) is 0 Å². The molecule has 0 aliphatic rings. The molecule has 0 aliphatic heterocycles. The topological polar surface area (TPSA) is 94.6 Å². The Bertz CT molecular complexity index is 1110. The van der Waals surface area contributed by atoms with Crippen molar-refractivity contribution >= 4 is 22.6 Å². The van der Waals surface area contributed by atoms with Gasteiger partial charge in [-0.2, -0.15) is 5.10 Å². The Morgan fingerprint density at radius 3 is 2.57 bits per heavy atom. The lowest BCUT2D eigenvalue weighted by molar-refractivity contribution is -0.131. The number of hydrogen-bond acceptors (Lipinski definition) is 6. The van der Waals surface area contributed by atoms with Crippen LogP contribution in [0.15, 0.2) is 39.5 Å². The van der Waals surface area contributed by atoms with E-state index in [9.17, 15) is 14.4 Å². The number of ether oxygens (including phenoxy) is 1. The van der Waals surface area contributed by atoms with Crippen LogP contribution in [0.5, 0.6) is 0 Å². The summed E-state index contributed by atoms with van der Waals surface area (Å²) in [5, 5.41) is 5.55. The number of amides is 1. The van der Waals surface area contributed by atoms with Gasteiger partial charge < -0.3 is 14.1 Å². The van der Waals surface area contributed by atoms with Crippen LogP contribution in [0.25, 0.3) is 10.8 Å². The zero-order valence-electron chi connectivity index (χ0n) is 16.2. The highest BCUT2D eigenvalue weighted by Gasteiger charge is 2.19. The molecule has 3 rings (SSSR count). The molecule has 0 radical (unpaired) electrons. The monoisotopic (exact) mass is 383 g/mol. The van der Waals surface area contributed by atoms with Gasteiger partial charge in [0.25, 0.3) is 5.56 Å². The van der Waals surface area contributed by atoms with Crippen LogP contribution in [0.1, 0.15) is 27.6 Å². The first kappa shape index (κ1) is 19.3. The maximum absolute atomic E-state index is 12.6. The van der Waals surface area contributed by atoms with E-state index in [0.29, 0.717) is 28.2 Å². The number of carbonyl (C=O) groups excluding carboxylic acids is 2. The van der Waals surface area contributed by atoms with E-state index < -0.39 is 5.97 Å². The minimum atomic E-state index is -0.496. The fourth-order valence-electron chi connectivity index (χ4n) is 3.02. The van der Waals surface area contributed by atoms with Crippen molar-refractivity contribution in [3.63, 3.8) is 0 Å². The maximum atomic E-state index is 12.6. The molecule has 1 aromatic carbocycles. The van der Waals surface area contributed by atoms with Crippen LogP contribution in [0, 0.1) is 13.8 Å². The predicted molar refractivity (Wildman–Crippen MR) is 102 cm³/mol. The number of hydrogen-bond donors (Lipinski definition) is 0. The van der Waals surface area contributed by atoms with Crippen LogP contribution in [-0.2, 0) is 22.6 Å². The predicted octanol–water partition coefficient (Wildman–Crippen LogP) is 2.05. The summed E-state index contributed by atoms with van der Waals surface area (Å²) in [5.41, 5.74) is 0.682. The summed E-state index contributed by atoms with van der Waals surface area (Å²) in [5.74, 6) is 0.0660. The van der Waals surface area contributed by atoms with Gasteiger partial charge in [0.05, 0.1) is 24.7 Å². The summed E-state index contributed by atoms with van der Waals surface area (Å²) >= 11 is 0. The van der Waals surface area contributed by atoms with Crippen LogP contribution in [0.3, 0.4) is 0 Å². The SMILES string of the molecule is COC(=O)c1cc(CN(C)C(=O)Cn2nc(C)c3ccccc3c2=O)oc1C. The Morgan fingerprint density at radius 2 is 1.89 bits per heavy atom. The molecular weight excluding hydrogens is 362 g/mol. The van der Waals surface area contributed by atoms with Gasteiger partial charge in [0.2, 0.25) is 5.91 Å². The summed E-state index contributed by atoms with van der Waals surface area (Å²) < 4.78 is 11.4. The van der Waals surface area contributed by atoms with Crippen LogP contribution >= 0.6 is 0 Å². The molecule has 0 saturated carbocycles. The molecule has 0 spiro atoms. The van der Waals surface area contributed by atoms with Crippen molar-refractivity contribution in [2.24, 2.45) is 0 Å². The first-order valence-corrected chi connectivity index (χ1v) is 8.70. The molecule has 0 saturated heterocycles. The molecule has 0 atom stereocenters. The van der Waals surface area contributed by atoms with E-state index in [4.69, 9.17) is 9.15 Å². The molecule has 0 fully saturated rings. The number of nitrogens with zero attached hydrogens (tertiary/aromatic N) is 3. The van der Waals surface area contributed by atoms with Gasteiger partial charge in [0.15, 0.2) is 0 Å². The smallest absolute Gasteiger partial charge is 0.341 e. The van der Waals surface area contributed by atoms with Gasteiger partial charge in [-0.3, -0.25) is 9.59 Å². The Balaban J connectivity index is 1.78. The van der Waals surface area contributed by atoms with Gasteiger partial charge in [-0.1, -0.05) is 18.2 Å². The molecular formula is C20H21N3O5. The largest absolute Gasteiger partial charge is 0.465 e. The van der Waals surface area contributed by atoms with Gasteiger partial charge in [0.1, 0.15) is 23.6 Å². The van der Waals surface area contributed by atoms with Crippen LogP contribution in [0.2, 0.25) is 0 Å². The first-order valence-electron chi connectivity index (χ1n) is 8.70. The third kappa shape index (κ3) is 3.66. The molecule has 8 nitrogen and oxygen atoms in total. The molecule has 0 bridgehead atoms. The molecule has 0 aliphatic carbocycles. The molecule has 1 amide bonds. The van der Waals surface area contributed by atoms with E-state index in [0.717, 1.165) is 5.39 Å². The quantitative estimate of drug-likeness (QED) is 0.626. The lowest BCUT2D eigenvalue weighted by atomic mass is 10.1. The molecule has 8 heteroatoms. The number of aromatic nitrogens is 2. The number of esters is 1. The van der Waals surface area contributed by atoms with Crippen molar-refractivity contribution in [2.45, 2.75) is 26.9 Å². The molecule has 3 aromatic rings. The second kappa shape index (κ2) is 7.67. The Kier molecular flexibility index (Phi) is 5.30. The summed E-state index contributed by atoms with van der Waals surface area (Å²) in [7, 11) is 2.89. The minimum absolute atomic E-state index is 0.151. The highest BCUT2D eigenvalue weighted by Crippen LogP contribution is 2.17. The number of methoxy groups -OCH3 is 1. The van der Waals surface area contributed by atoms with Crippen molar-refractivity contribution in [3.8, 4) is 0 Å². The zero-order chi connectivity index (χ0) is 20.4. The van der Waals surface area contributed by atoms with Crippen molar-refractivity contribution in [3.05, 3.63) is 63.5 Å². The highest BCUT2D eigenvalue weighted by molar-refractivity contribution is 5.90. The van der Waals surface area contributed by atoms with E-state index in [2.05, 4.69) is 5.10 Å². The van der Waals surface area contributed by atoms with E-state index in [1.54, 1.807) is 39.1 Å². The van der Waals surface area contributed by atoms with Crippen molar-refractivity contribution in [1.82, 2.24) is 14.7 Å². The third-order valence-corrected chi connectivity index (χ3v) is 4.53. The number of rotatable bonds is 5. The lowest BCUT2D eigenvalue weighted by Crippen LogP contribution is -2.35. The van der Waals surface area contributed by atoms with Crippen LogP contribution in [-0.4, -0.2) is 40.7 Å². The highest BCUT2D eigenvalue weighted by atomic mass is 16.5. The normalized spacial score (nSPS) is 10.9.